The molecule has 0 bridgehead atoms. The van der Waals surface area contributed by atoms with Gasteiger partial charge in [0.15, 0.2) is 0 Å². The molecule has 0 atom stereocenters. The highest BCUT2D eigenvalue weighted by Gasteiger charge is 2.19. The summed E-state index contributed by atoms with van der Waals surface area (Å²) in [5, 5.41) is 8.77. The van der Waals surface area contributed by atoms with Crippen molar-refractivity contribution in [2.24, 2.45) is 0 Å². The number of carbonyl (C=O) groups excluding carboxylic acids is 1. The molecule has 0 saturated carbocycles. The van der Waals surface area contributed by atoms with Crippen LogP contribution in [0, 0.1) is 6.92 Å². The summed E-state index contributed by atoms with van der Waals surface area (Å²) in [6.45, 7) is 3.86. The largest absolute Gasteiger partial charge is 0.480 e. The molecule has 5 nitrogen and oxygen atoms in total. The molecule has 0 spiro atoms. The Labute approximate surface area is 100 Å². The molecule has 1 heterocycles. The highest BCUT2D eigenvalue weighted by atomic mass is 16.4. The maximum Gasteiger partial charge on any atom is 0.323 e. The van der Waals surface area contributed by atoms with Crippen LogP contribution in [0.15, 0.2) is 18.5 Å². The Morgan fingerprint density at radius 3 is 2.71 bits per heavy atom. The van der Waals surface area contributed by atoms with E-state index in [1.807, 2.05) is 6.92 Å². The molecule has 0 aliphatic rings. The molecular weight excluding hydrogens is 220 g/mol. The molecule has 0 radical (unpaired) electrons. The lowest BCUT2D eigenvalue weighted by Crippen LogP contribution is -2.36. The lowest BCUT2D eigenvalue weighted by molar-refractivity contribution is -0.137. The number of aryl methyl sites for hydroxylation is 1. The van der Waals surface area contributed by atoms with E-state index >= 15 is 0 Å². The number of hydrogen-bond acceptors (Lipinski definition) is 3. The third kappa shape index (κ3) is 3.55. The molecular formula is C12H16N2O3. The maximum atomic E-state index is 12.1. The summed E-state index contributed by atoms with van der Waals surface area (Å²) in [4.78, 5) is 28.0. The zero-order valence-corrected chi connectivity index (χ0v) is 10.0. The number of amides is 1. The molecule has 17 heavy (non-hydrogen) atoms. The van der Waals surface area contributed by atoms with Crippen LogP contribution in [-0.2, 0) is 4.79 Å². The molecule has 1 aromatic rings. The fourth-order valence-corrected chi connectivity index (χ4v) is 1.54. The number of carboxylic acid groups (broad SMARTS) is 1. The van der Waals surface area contributed by atoms with Gasteiger partial charge in [-0.1, -0.05) is 6.92 Å². The van der Waals surface area contributed by atoms with Crippen LogP contribution in [-0.4, -0.2) is 40.0 Å². The van der Waals surface area contributed by atoms with Crippen molar-refractivity contribution in [2.45, 2.75) is 20.3 Å². The quantitative estimate of drug-likeness (QED) is 0.837. The van der Waals surface area contributed by atoms with Crippen molar-refractivity contribution in [3.8, 4) is 0 Å². The number of pyridine rings is 1. The van der Waals surface area contributed by atoms with E-state index in [-0.39, 0.29) is 12.5 Å². The van der Waals surface area contributed by atoms with E-state index in [2.05, 4.69) is 4.98 Å². The first-order chi connectivity index (χ1) is 8.06. The lowest BCUT2D eigenvalue weighted by Gasteiger charge is -2.20. The second-order valence-electron chi connectivity index (χ2n) is 3.81. The van der Waals surface area contributed by atoms with Gasteiger partial charge in [0.1, 0.15) is 6.54 Å². The number of nitrogens with zero attached hydrogens (tertiary/aromatic N) is 2. The lowest BCUT2D eigenvalue weighted by atomic mass is 10.1. The van der Waals surface area contributed by atoms with E-state index in [4.69, 9.17) is 5.11 Å². The molecule has 0 fully saturated rings. The van der Waals surface area contributed by atoms with Crippen LogP contribution in [0.2, 0.25) is 0 Å². The summed E-state index contributed by atoms with van der Waals surface area (Å²) >= 11 is 0. The van der Waals surface area contributed by atoms with Gasteiger partial charge in [0, 0.05) is 18.9 Å². The summed E-state index contributed by atoms with van der Waals surface area (Å²) in [6.07, 6.45) is 3.80. The zero-order chi connectivity index (χ0) is 12.8. The van der Waals surface area contributed by atoms with Crippen molar-refractivity contribution in [1.82, 2.24) is 9.88 Å². The second kappa shape index (κ2) is 5.98. The topological polar surface area (TPSA) is 70.5 Å². The number of aliphatic carboxylic acids is 1. The minimum atomic E-state index is -1.01. The van der Waals surface area contributed by atoms with Gasteiger partial charge in [-0.25, -0.2) is 0 Å². The summed E-state index contributed by atoms with van der Waals surface area (Å²) in [5.41, 5.74) is 1.26. The van der Waals surface area contributed by atoms with Gasteiger partial charge in [0.2, 0.25) is 0 Å². The molecule has 5 heteroatoms. The van der Waals surface area contributed by atoms with Gasteiger partial charge < -0.3 is 10.0 Å². The third-order valence-electron chi connectivity index (χ3n) is 2.38. The Kier molecular flexibility index (Phi) is 4.63. The normalized spacial score (nSPS) is 10.0. The molecule has 0 aromatic carbocycles. The first-order valence-corrected chi connectivity index (χ1v) is 5.48. The van der Waals surface area contributed by atoms with Crippen molar-refractivity contribution in [3.63, 3.8) is 0 Å². The van der Waals surface area contributed by atoms with E-state index < -0.39 is 5.97 Å². The van der Waals surface area contributed by atoms with Crippen molar-refractivity contribution >= 4 is 11.9 Å². The highest BCUT2D eigenvalue weighted by Crippen LogP contribution is 2.09. The van der Waals surface area contributed by atoms with E-state index in [1.165, 1.54) is 11.1 Å². The minimum absolute atomic E-state index is 0.277. The Balaban J connectivity index is 2.91. The summed E-state index contributed by atoms with van der Waals surface area (Å²) in [7, 11) is 0. The van der Waals surface area contributed by atoms with Gasteiger partial charge in [-0.15, -0.1) is 0 Å². The number of carbonyl (C=O) groups is 2. The Hall–Kier alpha value is -1.91. The van der Waals surface area contributed by atoms with E-state index in [1.54, 1.807) is 19.2 Å². The average molecular weight is 236 g/mol. The first-order valence-electron chi connectivity index (χ1n) is 5.48. The molecule has 0 saturated heterocycles. The smallest absolute Gasteiger partial charge is 0.323 e. The fraction of sp³-hybridized carbons (Fsp3) is 0.417. The molecule has 92 valence electrons. The van der Waals surface area contributed by atoms with Gasteiger partial charge >= 0.3 is 5.97 Å². The molecule has 0 unspecified atom stereocenters. The van der Waals surface area contributed by atoms with Crippen LogP contribution < -0.4 is 0 Å². The second-order valence-corrected chi connectivity index (χ2v) is 3.81. The molecule has 1 amide bonds. The standard InChI is InChI=1S/C12H16N2O3/c1-3-6-14(8-11(15)16)12(17)10-7-13-5-4-9(10)2/h4-5,7H,3,6,8H2,1-2H3,(H,15,16). The third-order valence-corrected chi connectivity index (χ3v) is 2.38. The molecule has 1 N–H and O–H groups in total. The van der Waals surface area contributed by atoms with Gasteiger partial charge in [-0.3, -0.25) is 14.6 Å². The van der Waals surface area contributed by atoms with Gasteiger partial charge in [0.05, 0.1) is 5.56 Å². The predicted octanol–water partition coefficient (Wildman–Crippen LogP) is 1.33. The number of rotatable bonds is 5. The Morgan fingerprint density at radius 1 is 1.47 bits per heavy atom. The van der Waals surface area contributed by atoms with E-state index in [9.17, 15) is 9.59 Å². The Bertz CT molecular complexity index is 418. The maximum absolute atomic E-state index is 12.1. The van der Waals surface area contributed by atoms with Crippen molar-refractivity contribution in [1.29, 1.82) is 0 Å². The summed E-state index contributed by atoms with van der Waals surface area (Å²) < 4.78 is 0. The van der Waals surface area contributed by atoms with Crippen LogP contribution in [0.5, 0.6) is 0 Å². The van der Waals surface area contributed by atoms with Gasteiger partial charge in [-0.05, 0) is 25.0 Å². The van der Waals surface area contributed by atoms with Crippen LogP contribution in [0.3, 0.4) is 0 Å². The predicted molar refractivity (Wildman–Crippen MR) is 62.8 cm³/mol. The van der Waals surface area contributed by atoms with Crippen LogP contribution in [0.25, 0.3) is 0 Å². The van der Waals surface area contributed by atoms with Crippen molar-refractivity contribution < 1.29 is 14.7 Å². The van der Waals surface area contributed by atoms with Crippen molar-refractivity contribution in [3.05, 3.63) is 29.6 Å². The van der Waals surface area contributed by atoms with Crippen molar-refractivity contribution in [2.75, 3.05) is 13.1 Å². The Morgan fingerprint density at radius 2 is 2.18 bits per heavy atom. The molecule has 0 aliphatic carbocycles. The number of hydrogen-bond donors (Lipinski definition) is 1. The van der Waals surface area contributed by atoms with Crippen LogP contribution >= 0.6 is 0 Å². The van der Waals surface area contributed by atoms with Crippen LogP contribution in [0.1, 0.15) is 29.3 Å². The minimum Gasteiger partial charge on any atom is -0.480 e. The zero-order valence-electron chi connectivity index (χ0n) is 10.0. The monoisotopic (exact) mass is 236 g/mol. The SMILES string of the molecule is CCCN(CC(=O)O)C(=O)c1cnccc1C. The molecule has 0 aliphatic heterocycles. The number of aromatic nitrogens is 1. The fourth-order valence-electron chi connectivity index (χ4n) is 1.54. The summed E-state index contributed by atoms with van der Waals surface area (Å²) in [6, 6.07) is 1.73. The van der Waals surface area contributed by atoms with E-state index in [0.717, 1.165) is 12.0 Å². The average Bonchev–Trinajstić information content (AvgIpc) is 2.28. The number of carboxylic acids is 1. The van der Waals surface area contributed by atoms with Gasteiger partial charge in [-0.2, -0.15) is 0 Å². The van der Waals surface area contributed by atoms with Crippen LogP contribution in [0.4, 0.5) is 0 Å². The highest BCUT2D eigenvalue weighted by molar-refractivity contribution is 5.96. The first kappa shape index (κ1) is 13.2. The summed E-state index contributed by atoms with van der Waals surface area (Å²) in [5.74, 6) is -1.28. The molecule has 1 aromatic heterocycles. The molecule has 1 rings (SSSR count). The van der Waals surface area contributed by atoms with Gasteiger partial charge in [0.25, 0.3) is 5.91 Å². The van der Waals surface area contributed by atoms with E-state index in [0.29, 0.717) is 12.1 Å².